The number of hydrogen-bond acceptors (Lipinski definition) is 7. The molecule has 4 aliphatic carbocycles. The minimum Gasteiger partial charge on any atom is -0.454 e. The Balaban J connectivity index is 1.77. The Morgan fingerprint density at radius 1 is 1.07 bits per heavy atom. The third-order valence-corrected chi connectivity index (χ3v) is 12.6. The van der Waals surface area contributed by atoms with Crippen LogP contribution < -0.4 is 0 Å². The molecule has 2 fully saturated rings. The van der Waals surface area contributed by atoms with Crippen LogP contribution in [0.15, 0.2) is 34.9 Å². The molecule has 8 atom stereocenters. The molecule has 0 bridgehead atoms. The summed E-state index contributed by atoms with van der Waals surface area (Å²) in [4.78, 5) is 40.6. The van der Waals surface area contributed by atoms with E-state index in [2.05, 4.69) is 27.7 Å². The monoisotopic (exact) mass is 612 g/mol. The number of carbonyl (C=O) groups excluding carboxylic acids is 3. The molecule has 0 amide bonds. The van der Waals surface area contributed by atoms with Crippen molar-refractivity contribution in [1.29, 1.82) is 0 Å². The molecule has 246 valence electrons. The zero-order chi connectivity index (χ0) is 32.9. The van der Waals surface area contributed by atoms with Gasteiger partial charge >= 0.3 is 11.9 Å². The quantitative estimate of drug-likeness (QED) is 0.108. The van der Waals surface area contributed by atoms with Crippen molar-refractivity contribution >= 4 is 17.7 Å². The average molecular weight is 613 g/mol. The summed E-state index contributed by atoms with van der Waals surface area (Å²) >= 11 is 0. The highest BCUT2D eigenvalue weighted by Crippen LogP contribution is 2.81. The van der Waals surface area contributed by atoms with Gasteiger partial charge in [-0.05, 0) is 49.7 Å². The van der Waals surface area contributed by atoms with Crippen LogP contribution in [0.25, 0.3) is 0 Å². The Hall–Kier alpha value is -2.25. The Labute approximate surface area is 264 Å². The number of hydrogen-bond donors (Lipinski definition) is 2. The van der Waals surface area contributed by atoms with Crippen LogP contribution in [0.3, 0.4) is 0 Å². The van der Waals surface area contributed by atoms with Gasteiger partial charge in [-0.3, -0.25) is 9.59 Å². The van der Waals surface area contributed by atoms with Crippen molar-refractivity contribution in [1.82, 2.24) is 0 Å². The molecule has 0 saturated heterocycles. The van der Waals surface area contributed by atoms with Gasteiger partial charge in [0.2, 0.25) is 0 Å². The first kappa shape index (κ1) is 34.6. The molecule has 4 aliphatic rings. The normalized spacial score (nSPS) is 38.9. The summed E-state index contributed by atoms with van der Waals surface area (Å²) < 4.78 is 12.9. The van der Waals surface area contributed by atoms with Gasteiger partial charge in [-0.15, -0.1) is 0 Å². The number of fused-ring (bicyclic) bond motifs is 5. The third kappa shape index (κ3) is 4.87. The first-order chi connectivity index (χ1) is 20.5. The molecule has 2 saturated carbocycles. The van der Waals surface area contributed by atoms with E-state index in [1.54, 1.807) is 26.8 Å². The van der Waals surface area contributed by atoms with Crippen molar-refractivity contribution in [3.63, 3.8) is 0 Å². The minimum absolute atomic E-state index is 0.0197. The average Bonchev–Trinajstić information content (AvgIpc) is 3.42. The van der Waals surface area contributed by atoms with Crippen molar-refractivity contribution in [2.75, 3.05) is 6.61 Å². The number of ether oxygens (including phenoxy) is 2. The fourth-order valence-electron chi connectivity index (χ4n) is 9.51. The molecule has 0 aliphatic heterocycles. The predicted molar refractivity (Wildman–Crippen MR) is 170 cm³/mol. The molecule has 0 aromatic carbocycles. The zero-order valence-corrected chi connectivity index (χ0v) is 28.5. The summed E-state index contributed by atoms with van der Waals surface area (Å²) in [6.07, 6.45) is 12.8. The molecule has 7 nitrogen and oxygen atoms in total. The van der Waals surface area contributed by atoms with Crippen LogP contribution in [0.1, 0.15) is 120 Å². The highest BCUT2D eigenvalue weighted by Gasteiger charge is 2.88. The summed E-state index contributed by atoms with van der Waals surface area (Å²) in [6, 6.07) is 0. The molecule has 0 radical (unpaired) electrons. The fourth-order valence-corrected chi connectivity index (χ4v) is 9.51. The van der Waals surface area contributed by atoms with Gasteiger partial charge in [-0.2, -0.15) is 0 Å². The van der Waals surface area contributed by atoms with Crippen LogP contribution in [0.2, 0.25) is 0 Å². The molecular formula is C37H56O7. The summed E-state index contributed by atoms with van der Waals surface area (Å²) in [7, 11) is 0. The van der Waals surface area contributed by atoms with Crippen molar-refractivity contribution in [3.05, 3.63) is 34.9 Å². The number of aliphatic hydroxyl groups excluding tert-OH is 1. The van der Waals surface area contributed by atoms with Crippen LogP contribution in [-0.4, -0.2) is 51.8 Å². The number of ketones is 1. The van der Waals surface area contributed by atoms with Gasteiger partial charge in [-0.25, -0.2) is 4.79 Å². The summed E-state index contributed by atoms with van der Waals surface area (Å²) in [5, 5.41) is 22.7. The second kappa shape index (κ2) is 12.2. The van der Waals surface area contributed by atoms with Crippen LogP contribution in [0, 0.1) is 34.0 Å². The van der Waals surface area contributed by atoms with Crippen LogP contribution in [0.5, 0.6) is 0 Å². The number of unbranched alkanes of at least 4 members (excludes halogenated alkanes) is 6. The van der Waals surface area contributed by atoms with E-state index in [1.807, 2.05) is 26.0 Å². The number of allylic oxidation sites excluding steroid dienone is 2. The van der Waals surface area contributed by atoms with E-state index in [9.17, 15) is 24.6 Å². The third-order valence-electron chi connectivity index (χ3n) is 12.6. The van der Waals surface area contributed by atoms with Crippen molar-refractivity contribution in [3.8, 4) is 0 Å². The van der Waals surface area contributed by atoms with Gasteiger partial charge in [0, 0.05) is 41.1 Å². The standard InChI is InChI=1S/C37H56O7/c1-10-12-13-14-15-16-17-18-28(39)44-37-29(33(37,6)7)27-19-26(22-38)21-36(42)30(40)24(4)20-34(36,8)35(27,9)25(5)31(37)43-32(41)23(3)11-2/h11,19-20,25,27,29,31,38,42H,10,12-18,21-22H2,1-9H3/t25-,27+,29-,31-,34+,35+,36+,37-/m1/s1. The van der Waals surface area contributed by atoms with Gasteiger partial charge in [-0.1, -0.05) is 98.3 Å². The lowest BCUT2D eigenvalue weighted by Crippen LogP contribution is -2.65. The molecule has 7 heteroatoms. The molecule has 44 heavy (non-hydrogen) atoms. The second-order valence-corrected chi connectivity index (χ2v) is 15.1. The number of Topliss-reactive ketones (excluding diaryl/α,β-unsaturated/α-hetero) is 1. The van der Waals surface area contributed by atoms with Crippen LogP contribution >= 0.6 is 0 Å². The Morgan fingerprint density at radius 2 is 1.68 bits per heavy atom. The summed E-state index contributed by atoms with van der Waals surface area (Å²) in [5.41, 5.74) is -3.71. The predicted octanol–water partition coefficient (Wildman–Crippen LogP) is 6.80. The minimum atomic E-state index is -1.76. The first-order valence-electron chi connectivity index (χ1n) is 16.9. The molecule has 0 aromatic heterocycles. The first-order valence-corrected chi connectivity index (χ1v) is 16.9. The topological polar surface area (TPSA) is 110 Å². The van der Waals surface area contributed by atoms with Gasteiger partial charge in [0.05, 0.1) is 6.61 Å². The summed E-state index contributed by atoms with van der Waals surface area (Å²) in [6.45, 7) is 17.3. The molecule has 2 N–H and O–H groups in total. The maximum atomic E-state index is 13.6. The Morgan fingerprint density at radius 3 is 2.27 bits per heavy atom. The molecule has 0 unspecified atom stereocenters. The lowest BCUT2D eigenvalue weighted by molar-refractivity contribution is -0.217. The van der Waals surface area contributed by atoms with Crippen molar-refractivity contribution in [2.24, 2.45) is 34.0 Å². The van der Waals surface area contributed by atoms with Gasteiger partial charge < -0.3 is 19.7 Å². The van der Waals surface area contributed by atoms with E-state index < -0.39 is 45.4 Å². The van der Waals surface area contributed by atoms with Gasteiger partial charge in [0.15, 0.2) is 11.4 Å². The number of carbonyl (C=O) groups is 3. The Kier molecular flexibility index (Phi) is 9.57. The summed E-state index contributed by atoms with van der Waals surface area (Å²) in [5.74, 6) is -2.05. The fraction of sp³-hybridized carbons (Fsp3) is 0.757. The maximum Gasteiger partial charge on any atom is 0.333 e. The highest BCUT2D eigenvalue weighted by atomic mass is 16.6. The maximum absolute atomic E-state index is 13.6. The van der Waals surface area contributed by atoms with E-state index in [0.717, 1.165) is 19.3 Å². The second-order valence-electron chi connectivity index (χ2n) is 15.1. The van der Waals surface area contributed by atoms with E-state index >= 15 is 0 Å². The number of rotatable bonds is 12. The van der Waals surface area contributed by atoms with Crippen molar-refractivity contribution < 1.29 is 34.1 Å². The lowest BCUT2D eigenvalue weighted by Gasteiger charge is -2.59. The molecule has 0 heterocycles. The van der Waals surface area contributed by atoms with E-state index in [0.29, 0.717) is 23.1 Å². The molecule has 0 spiro atoms. The van der Waals surface area contributed by atoms with Crippen molar-refractivity contribution in [2.45, 2.75) is 137 Å². The lowest BCUT2D eigenvalue weighted by atomic mass is 9.46. The number of aliphatic hydroxyl groups is 2. The zero-order valence-electron chi connectivity index (χ0n) is 28.5. The SMILES string of the molecule is CC=C(C)C(=O)O[C@@H]1[C@@H](C)[C@@]2(C)[C@@H](C=C(CO)C[C@]3(O)C(=O)C(C)=C[C@@]23C)[C@@H]2C(C)(C)[C@]12OC(=O)CCCCCCCCC. The number of esters is 2. The molecule has 4 rings (SSSR count). The van der Waals surface area contributed by atoms with Gasteiger partial charge in [0.25, 0.3) is 0 Å². The largest absolute Gasteiger partial charge is 0.454 e. The molecular weight excluding hydrogens is 556 g/mol. The van der Waals surface area contributed by atoms with Crippen LogP contribution in [0.4, 0.5) is 0 Å². The highest BCUT2D eigenvalue weighted by molar-refractivity contribution is 6.05. The van der Waals surface area contributed by atoms with Crippen LogP contribution in [-0.2, 0) is 23.9 Å². The Bertz CT molecular complexity index is 1260. The van der Waals surface area contributed by atoms with E-state index in [1.165, 1.54) is 25.7 Å². The smallest absolute Gasteiger partial charge is 0.333 e. The van der Waals surface area contributed by atoms with E-state index in [4.69, 9.17) is 9.47 Å². The molecule has 0 aromatic rings. The van der Waals surface area contributed by atoms with Gasteiger partial charge in [0.1, 0.15) is 11.7 Å². The van der Waals surface area contributed by atoms with E-state index in [-0.39, 0.29) is 36.6 Å².